The summed E-state index contributed by atoms with van der Waals surface area (Å²) in [6, 6.07) is 3.16. The van der Waals surface area contributed by atoms with Crippen LogP contribution in [-0.2, 0) is 9.53 Å². The van der Waals surface area contributed by atoms with Crippen molar-refractivity contribution in [3.63, 3.8) is 0 Å². The maximum absolute atomic E-state index is 13.3. The van der Waals surface area contributed by atoms with Gasteiger partial charge in [0.05, 0.1) is 25.3 Å². The van der Waals surface area contributed by atoms with E-state index in [0.29, 0.717) is 0 Å². The monoisotopic (exact) mass is 398 g/mol. The Balaban J connectivity index is 2.55. The summed E-state index contributed by atoms with van der Waals surface area (Å²) in [5, 5.41) is 0. The molecule has 2 rings (SSSR count). The number of benzene rings is 1. The zero-order chi connectivity index (χ0) is 21.7. The smallest absolute Gasteiger partial charge is 0.331 e. The van der Waals surface area contributed by atoms with Crippen molar-refractivity contribution in [2.24, 2.45) is 0 Å². The molecule has 0 spiro atoms. The molecule has 0 aliphatic heterocycles. The van der Waals surface area contributed by atoms with Crippen LogP contribution < -0.4 is 9.47 Å². The Morgan fingerprint density at radius 3 is 2.07 bits per heavy atom. The van der Waals surface area contributed by atoms with Gasteiger partial charge in [-0.05, 0) is 45.9 Å². The van der Waals surface area contributed by atoms with Gasteiger partial charge in [-0.3, -0.25) is 9.59 Å². The van der Waals surface area contributed by atoms with E-state index >= 15 is 0 Å². The molecule has 0 unspecified atom stereocenters. The van der Waals surface area contributed by atoms with Crippen LogP contribution in [0.15, 0.2) is 47.1 Å². The van der Waals surface area contributed by atoms with Crippen molar-refractivity contribution >= 4 is 17.5 Å². The number of ketones is 2. The van der Waals surface area contributed by atoms with Crippen LogP contribution in [0.1, 0.15) is 54.8 Å². The SMILES string of the molecule is COc1ccc(OC)c2c1C(=O)C=C([C@H](CC=C(C)C)OC(=O)C=C(C)C)C2=O. The molecular weight excluding hydrogens is 372 g/mol. The number of methoxy groups -OCH3 is 2. The number of fused-ring (bicyclic) bond motifs is 1. The maximum Gasteiger partial charge on any atom is 0.331 e. The Hall–Kier alpha value is -3.15. The molecule has 6 heteroatoms. The van der Waals surface area contributed by atoms with E-state index in [1.807, 2.05) is 19.9 Å². The van der Waals surface area contributed by atoms with Crippen molar-refractivity contribution in [3.8, 4) is 11.5 Å². The minimum atomic E-state index is -0.895. The standard InChI is InChI=1S/C23H26O6/c1-13(2)7-8-17(29-20(25)11-14(3)4)15-12-16(24)21-18(27-5)9-10-19(28-6)22(21)23(15)26/h7,9-12,17H,8H2,1-6H3/t17-/m0/s1. The Labute approximate surface area is 170 Å². The molecule has 29 heavy (non-hydrogen) atoms. The van der Waals surface area contributed by atoms with Crippen molar-refractivity contribution in [1.29, 1.82) is 0 Å². The van der Waals surface area contributed by atoms with E-state index < -0.39 is 23.6 Å². The molecule has 1 aliphatic carbocycles. The lowest BCUT2D eigenvalue weighted by atomic mass is 9.85. The minimum absolute atomic E-state index is 0.113. The topological polar surface area (TPSA) is 78.9 Å². The van der Waals surface area contributed by atoms with Gasteiger partial charge in [-0.25, -0.2) is 4.79 Å². The molecule has 0 amide bonds. The molecule has 1 aromatic carbocycles. The first-order valence-electron chi connectivity index (χ1n) is 9.24. The average molecular weight is 398 g/mol. The summed E-state index contributed by atoms with van der Waals surface area (Å²) in [5.74, 6) is -0.835. The maximum atomic E-state index is 13.3. The lowest BCUT2D eigenvalue weighted by Gasteiger charge is -2.24. The second kappa shape index (κ2) is 9.37. The summed E-state index contributed by atoms with van der Waals surface area (Å²) in [4.78, 5) is 38.4. The highest BCUT2D eigenvalue weighted by Gasteiger charge is 2.36. The molecule has 0 saturated heterocycles. The van der Waals surface area contributed by atoms with Crippen molar-refractivity contribution in [2.45, 2.75) is 40.2 Å². The van der Waals surface area contributed by atoms with Crippen molar-refractivity contribution in [1.82, 2.24) is 0 Å². The van der Waals surface area contributed by atoms with E-state index in [1.54, 1.807) is 26.0 Å². The normalized spacial score (nSPS) is 13.7. The Kier molecular flexibility index (Phi) is 7.15. The second-order valence-corrected chi connectivity index (χ2v) is 7.18. The van der Waals surface area contributed by atoms with E-state index in [4.69, 9.17) is 14.2 Å². The number of carbonyl (C=O) groups excluding carboxylic acids is 3. The van der Waals surface area contributed by atoms with Gasteiger partial charge in [0, 0.05) is 18.1 Å². The van der Waals surface area contributed by atoms with E-state index in [1.165, 1.54) is 26.4 Å². The van der Waals surface area contributed by atoms with Crippen LogP contribution in [0.5, 0.6) is 11.5 Å². The Morgan fingerprint density at radius 1 is 0.966 bits per heavy atom. The van der Waals surface area contributed by atoms with Gasteiger partial charge >= 0.3 is 5.97 Å². The number of rotatable bonds is 7. The van der Waals surface area contributed by atoms with Gasteiger partial charge in [0.15, 0.2) is 11.6 Å². The van der Waals surface area contributed by atoms with Gasteiger partial charge in [0.2, 0.25) is 0 Å². The third-order valence-electron chi connectivity index (χ3n) is 4.34. The number of esters is 1. The van der Waals surface area contributed by atoms with Gasteiger partial charge in [-0.15, -0.1) is 0 Å². The Morgan fingerprint density at radius 2 is 1.55 bits per heavy atom. The van der Waals surface area contributed by atoms with E-state index in [0.717, 1.165) is 11.1 Å². The van der Waals surface area contributed by atoms with Crippen molar-refractivity contribution in [3.05, 3.63) is 58.2 Å². The molecular formula is C23H26O6. The van der Waals surface area contributed by atoms with Gasteiger partial charge in [-0.1, -0.05) is 17.2 Å². The minimum Gasteiger partial charge on any atom is -0.496 e. The number of hydrogen-bond acceptors (Lipinski definition) is 6. The zero-order valence-corrected chi connectivity index (χ0v) is 17.6. The highest BCUT2D eigenvalue weighted by Crippen LogP contribution is 2.37. The highest BCUT2D eigenvalue weighted by atomic mass is 16.5. The fourth-order valence-corrected chi connectivity index (χ4v) is 3.03. The molecule has 6 nitrogen and oxygen atoms in total. The molecule has 1 atom stereocenters. The molecule has 0 radical (unpaired) electrons. The first kappa shape index (κ1) is 22.1. The first-order chi connectivity index (χ1) is 13.7. The lowest BCUT2D eigenvalue weighted by molar-refractivity contribution is -0.141. The van der Waals surface area contributed by atoms with E-state index in [-0.39, 0.29) is 34.6 Å². The third-order valence-corrected chi connectivity index (χ3v) is 4.34. The van der Waals surface area contributed by atoms with Crippen LogP contribution in [0.3, 0.4) is 0 Å². The van der Waals surface area contributed by atoms with Crippen molar-refractivity contribution in [2.75, 3.05) is 14.2 Å². The van der Waals surface area contributed by atoms with E-state index in [2.05, 4.69) is 0 Å². The van der Waals surface area contributed by atoms with Crippen LogP contribution >= 0.6 is 0 Å². The summed E-state index contributed by atoms with van der Waals surface area (Å²) in [6.45, 7) is 7.35. The van der Waals surface area contributed by atoms with Crippen molar-refractivity contribution < 1.29 is 28.6 Å². The van der Waals surface area contributed by atoms with Crippen LogP contribution in [0.2, 0.25) is 0 Å². The average Bonchev–Trinajstić information content (AvgIpc) is 2.66. The molecule has 154 valence electrons. The number of carbonyl (C=O) groups is 3. The number of Topliss-reactive ketones (excluding diaryl/α,β-unsaturated/α-hetero) is 1. The summed E-state index contributed by atoms with van der Waals surface area (Å²) in [6.07, 6.45) is 3.82. The molecule has 0 fully saturated rings. The van der Waals surface area contributed by atoms with Gasteiger partial charge in [0.1, 0.15) is 17.6 Å². The molecule has 0 heterocycles. The summed E-state index contributed by atoms with van der Waals surface area (Å²) < 4.78 is 16.1. The number of hydrogen-bond donors (Lipinski definition) is 0. The fourth-order valence-electron chi connectivity index (χ4n) is 3.03. The largest absolute Gasteiger partial charge is 0.496 e. The van der Waals surface area contributed by atoms with Crippen LogP contribution in [0.4, 0.5) is 0 Å². The lowest BCUT2D eigenvalue weighted by Crippen LogP contribution is -2.29. The quantitative estimate of drug-likeness (QED) is 0.388. The summed E-state index contributed by atoms with van der Waals surface area (Å²) in [5.41, 5.74) is 2.16. The predicted octanol–water partition coefficient (Wildman–Crippen LogP) is 4.24. The second-order valence-electron chi connectivity index (χ2n) is 7.18. The third kappa shape index (κ3) is 5.02. The number of allylic oxidation sites excluding steroid dienone is 3. The van der Waals surface area contributed by atoms with Crippen LogP contribution in [0.25, 0.3) is 0 Å². The number of ether oxygens (including phenoxy) is 3. The molecule has 1 aliphatic rings. The molecule has 0 aromatic heterocycles. The fraction of sp³-hybridized carbons (Fsp3) is 0.348. The molecule has 0 saturated carbocycles. The first-order valence-corrected chi connectivity index (χ1v) is 9.24. The molecule has 1 aromatic rings. The van der Waals surface area contributed by atoms with Crippen LogP contribution in [-0.4, -0.2) is 37.9 Å². The molecule has 0 bridgehead atoms. The van der Waals surface area contributed by atoms with Gasteiger partial charge in [0.25, 0.3) is 0 Å². The van der Waals surface area contributed by atoms with Gasteiger partial charge in [-0.2, -0.15) is 0 Å². The summed E-state index contributed by atoms with van der Waals surface area (Å²) >= 11 is 0. The van der Waals surface area contributed by atoms with Crippen LogP contribution in [0, 0.1) is 0 Å². The summed E-state index contributed by atoms with van der Waals surface area (Å²) in [7, 11) is 2.85. The zero-order valence-electron chi connectivity index (χ0n) is 17.6. The van der Waals surface area contributed by atoms with Gasteiger partial charge < -0.3 is 14.2 Å². The Bertz CT molecular complexity index is 925. The highest BCUT2D eigenvalue weighted by molar-refractivity contribution is 6.27. The predicted molar refractivity (Wildman–Crippen MR) is 110 cm³/mol. The molecule has 0 N–H and O–H groups in total. The van der Waals surface area contributed by atoms with E-state index in [9.17, 15) is 14.4 Å².